The summed E-state index contributed by atoms with van der Waals surface area (Å²) in [5.41, 5.74) is 0. The average molecular weight is 195 g/mol. The van der Waals surface area contributed by atoms with Crippen molar-refractivity contribution in [3.63, 3.8) is 0 Å². The fourth-order valence-corrected chi connectivity index (χ4v) is 2.70. The summed E-state index contributed by atoms with van der Waals surface area (Å²) in [7, 11) is 0. The van der Waals surface area contributed by atoms with Crippen LogP contribution in [0.5, 0.6) is 0 Å². The van der Waals surface area contributed by atoms with E-state index in [1.807, 2.05) is 0 Å². The summed E-state index contributed by atoms with van der Waals surface area (Å²) in [6, 6.07) is 1.78. The van der Waals surface area contributed by atoms with Gasteiger partial charge in [-0.15, -0.1) is 0 Å². The van der Waals surface area contributed by atoms with Crippen LogP contribution >= 0.6 is 0 Å². The SMILES string of the molecule is CC(C)CCC1CCCC1NC1CC1. The van der Waals surface area contributed by atoms with Crippen molar-refractivity contribution in [1.82, 2.24) is 5.32 Å². The molecule has 0 aromatic rings. The zero-order chi connectivity index (χ0) is 9.97. The second-order valence-corrected chi connectivity index (χ2v) is 5.71. The molecule has 2 aliphatic rings. The van der Waals surface area contributed by atoms with Crippen molar-refractivity contribution in [2.75, 3.05) is 0 Å². The molecule has 14 heavy (non-hydrogen) atoms. The lowest BCUT2D eigenvalue weighted by molar-refractivity contribution is 0.350. The summed E-state index contributed by atoms with van der Waals surface area (Å²) in [5, 5.41) is 3.83. The van der Waals surface area contributed by atoms with Crippen molar-refractivity contribution in [3.8, 4) is 0 Å². The van der Waals surface area contributed by atoms with Crippen LogP contribution < -0.4 is 5.32 Å². The smallest absolute Gasteiger partial charge is 0.00979 e. The molecular weight excluding hydrogens is 170 g/mol. The minimum absolute atomic E-state index is 0.876. The van der Waals surface area contributed by atoms with Gasteiger partial charge >= 0.3 is 0 Å². The molecular formula is C13H25N. The Labute approximate surface area is 88.7 Å². The maximum absolute atomic E-state index is 3.83. The molecule has 0 heterocycles. The third-order valence-electron chi connectivity index (χ3n) is 3.80. The van der Waals surface area contributed by atoms with Gasteiger partial charge in [0.05, 0.1) is 0 Å². The molecule has 1 nitrogen and oxygen atoms in total. The first kappa shape index (κ1) is 10.5. The van der Waals surface area contributed by atoms with Crippen molar-refractivity contribution < 1.29 is 0 Å². The van der Waals surface area contributed by atoms with Gasteiger partial charge in [0.15, 0.2) is 0 Å². The van der Waals surface area contributed by atoms with Crippen LogP contribution in [-0.4, -0.2) is 12.1 Å². The Bertz CT molecular complexity index is 172. The highest BCUT2D eigenvalue weighted by Crippen LogP contribution is 2.33. The normalized spacial score (nSPS) is 32.8. The third-order valence-corrected chi connectivity index (χ3v) is 3.80. The Morgan fingerprint density at radius 2 is 1.93 bits per heavy atom. The van der Waals surface area contributed by atoms with E-state index in [2.05, 4.69) is 19.2 Å². The number of hydrogen-bond donors (Lipinski definition) is 1. The molecule has 0 aliphatic heterocycles. The predicted octanol–water partition coefficient (Wildman–Crippen LogP) is 3.34. The molecule has 0 saturated heterocycles. The van der Waals surface area contributed by atoms with Crippen LogP contribution in [0.2, 0.25) is 0 Å². The Balaban J connectivity index is 1.71. The predicted molar refractivity (Wildman–Crippen MR) is 61.4 cm³/mol. The lowest BCUT2D eigenvalue weighted by atomic mass is 9.93. The van der Waals surface area contributed by atoms with Gasteiger partial charge in [-0.25, -0.2) is 0 Å². The molecule has 2 rings (SSSR count). The van der Waals surface area contributed by atoms with E-state index in [1.54, 1.807) is 0 Å². The second kappa shape index (κ2) is 4.65. The molecule has 0 bridgehead atoms. The van der Waals surface area contributed by atoms with Crippen LogP contribution in [0.4, 0.5) is 0 Å². The summed E-state index contributed by atoms with van der Waals surface area (Å²) < 4.78 is 0. The summed E-state index contributed by atoms with van der Waals surface area (Å²) in [5.74, 6) is 1.88. The van der Waals surface area contributed by atoms with E-state index in [0.717, 1.165) is 23.9 Å². The van der Waals surface area contributed by atoms with Gasteiger partial charge in [0, 0.05) is 12.1 Å². The molecule has 0 amide bonds. The summed E-state index contributed by atoms with van der Waals surface area (Å²) in [4.78, 5) is 0. The Morgan fingerprint density at radius 1 is 1.14 bits per heavy atom. The summed E-state index contributed by atoms with van der Waals surface area (Å²) in [6.45, 7) is 4.69. The van der Waals surface area contributed by atoms with E-state index in [-0.39, 0.29) is 0 Å². The van der Waals surface area contributed by atoms with Gasteiger partial charge in [-0.2, -0.15) is 0 Å². The van der Waals surface area contributed by atoms with E-state index in [1.165, 1.54) is 44.9 Å². The maximum Gasteiger partial charge on any atom is 0.00979 e. The fourth-order valence-electron chi connectivity index (χ4n) is 2.70. The van der Waals surface area contributed by atoms with E-state index < -0.39 is 0 Å². The molecule has 0 radical (unpaired) electrons. The highest BCUT2D eigenvalue weighted by Gasteiger charge is 2.31. The first-order chi connectivity index (χ1) is 6.75. The minimum atomic E-state index is 0.876. The molecule has 2 unspecified atom stereocenters. The molecule has 2 fully saturated rings. The van der Waals surface area contributed by atoms with Gasteiger partial charge in [0.2, 0.25) is 0 Å². The van der Waals surface area contributed by atoms with Crippen molar-refractivity contribution in [2.24, 2.45) is 11.8 Å². The first-order valence-electron chi connectivity index (χ1n) is 6.51. The number of nitrogens with one attached hydrogen (secondary N) is 1. The molecule has 2 saturated carbocycles. The molecule has 1 heteroatoms. The fraction of sp³-hybridized carbons (Fsp3) is 1.00. The Morgan fingerprint density at radius 3 is 2.57 bits per heavy atom. The van der Waals surface area contributed by atoms with E-state index in [9.17, 15) is 0 Å². The van der Waals surface area contributed by atoms with Gasteiger partial charge in [-0.05, 0) is 43.9 Å². The maximum atomic E-state index is 3.83. The zero-order valence-corrected chi connectivity index (χ0v) is 9.76. The highest BCUT2D eigenvalue weighted by atomic mass is 15.0. The standard InChI is InChI=1S/C13H25N/c1-10(2)6-7-11-4-3-5-13(11)14-12-8-9-12/h10-14H,3-9H2,1-2H3. The van der Waals surface area contributed by atoms with Crippen molar-refractivity contribution in [1.29, 1.82) is 0 Å². The summed E-state index contributed by atoms with van der Waals surface area (Å²) >= 11 is 0. The Kier molecular flexibility index (Phi) is 3.48. The minimum Gasteiger partial charge on any atom is -0.311 e. The average Bonchev–Trinajstić information content (AvgIpc) is 2.81. The molecule has 0 aromatic carbocycles. The largest absolute Gasteiger partial charge is 0.311 e. The Hall–Kier alpha value is -0.0400. The highest BCUT2D eigenvalue weighted by molar-refractivity contribution is 4.90. The third kappa shape index (κ3) is 2.98. The van der Waals surface area contributed by atoms with Gasteiger partial charge in [0.1, 0.15) is 0 Å². The van der Waals surface area contributed by atoms with Crippen molar-refractivity contribution in [2.45, 2.75) is 70.9 Å². The summed E-state index contributed by atoms with van der Waals surface area (Å²) in [6.07, 6.45) is 10.2. The van der Waals surface area contributed by atoms with Crippen molar-refractivity contribution >= 4 is 0 Å². The van der Waals surface area contributed by atoms with Crippen LogP contribution in [0.3, 0.4) is 0 Å². The number of rotatable bonds is 5. The van der Waals surface area contributed by atoms with E-state index >= 15 is 0 Å². The molecule has 0 spiro atoms. The van der Waals surface area contributed by atoms with Crippen molar-refractivity contribution in [3.05, 3.63) is 0 Å². The van der Waals surface area contributed by atoms with Crippen LogP contribution in [0.25, 0.3) is 0 Å². The van der Waals surface area contributed by atoms with Gasteiger partial charge in [0.25, 0.3) is 0 Å². The van der Waals surface area contributed by atoms with Gasteiger partial charge in [-0.3, -0.25) is 0 Å². The van der Waals surface area contributed by atoms with E-state index in [0.29, 0.717) is 0 Å². The second-order valence-electron chi connectivity index (χ2n) is 5.71. The molecule has 82 valence electrons. The van der Waals surface area contributed by atoms with Crippen LogP contribution in [0.15, 0.2) is 0 Å². The van der Waals surface area contributed by atoms with Gasteiger partial charge < -0.3 is 5.32 Å². The molecule has 0 aromatic heterocycles. The zero-order valence-electron chi connectivity index (χ0n) is 9.76. The van der Waals surface area contributed by atoms with Crippen LogP contribution in [0.1, 0.15) is 58.8 Å². The van der Waals surface area contributed by atoms with Crippen LogP contribution in [-0.2, 0) is 0 Å². The molecule has 2 aliphatic carbocycles. The lowest BCUT2D eigenvalue weighted by Gasteiger charge is -2.21. The lowest BCUT2D eigenvalue weighted by Crippen LogP contribution is -2.34. The monoisotopic (exact) mass is 195 g/mol. The number of hydrogen-bond acceptors (Lipinski definition) is 1. The molecule has 1 N–H and O–H groups in total. The first-order valence-corrected chi connectivity index (χ1v) is 6.51. The van der Waals surface area contributed by atoms with E-state index in [4.69, 9.17) is 0 Å². The van der Waals surface area contributed by atoms with Gasteiger partial charge in [-0.1, -0.05) is 26.7 Å². The quantitative estimate of drug-likeness (QED) is 0.709. The molecule has 2 atom stereocenters. The topological polar surface area (TPSA) is 12.0 Å². The van der Waals surface area contributed by atoms with Crippen LogP contribution in [0, 0.1) is 11.8 Å².